The average molecular weight is 653 g/mol. The molecule has 3 aromatic carbocycles. The monoisotopic (exact) mass is 652 g/mol. The van der Waals surface area contributed by atoms with Gasteiger partial charge in [-0.05, 0) is 133 Å². The van der Waals surface area contributed by atoms with Gasteiger partial charge in [0.1, 0.15) is 17.8 Å². The van der Waals surface area contributed by atoms with Crippen molar-refractivity contribution in [2.45, 2.75) is 83.1 Å². The van der Waals surface area contributed by atoms with Crippen molar-refractivity contribution >= 4 is 23.1 Å². The van der Waals surface area contributed by atoms with Gasteiger partial charge in [0.05, 0.1) is 33.0 Å². The Morgan fingerprint density at radius 1 is 0.761 bits per heavy atom. The summed E-state index contributed by atoms with van der Waals surface area (Å²) in [4.78, 5) is 24.5. The summed E-state index contributed by atoms with van der Waals surface area (Å²) in [6.07, 6.45) is 8.12. The largest absolute Gasteiger partial charge is 0.612 e. The Morgan fingerprint density at radius 2 is 1.46 bits per heavy atom. The van der Waals surface area contributed by atoms with Gasteiger partial charge in [-0.25, -0.2) is 0 Å². The number of carbonyl (C=O) groups is 2. The quantitative estimate of drug-likeness (QED) is 0.0745. The molecular formula is C37H48O8S. The van der Waals surface area contributed by atoms with Crippen molar-refractivity contribution in [2.24, 2.45) is 0 Å². The topological polar surface area (TPSA) is 114 Å². The van der Waals surface area contributed by atoms with E-state index in [1.54, 1.807) is 20.1 Å². The number of esters is 2. The molecule has 0 radical (unpaired) electrons. The number of unbranched alkanes of at least 4 members (excludes halogenated alkanes) is 3. The Balaban J connectivity index is 1.50. The molecule has 250 valence electrons. The summed E-state index contributed by atoms with van der Waals surface area (Å²) in [5.74, 6) is 1.01. The standard InChI is InChI=1S/C37H48O8S/c1-4-42-36(39)15-11-23-45-35-14-10-13-30(34(35)20-21-37(40)43-5-2)12-8-6-7-9-22-44-32-25-28(27-38)24-31(26-32)29-16-18-33(19-17-29)46(3)41/h10,13-14,16-19,24-26,38H,4-9,11-12,15,20-23,27H2,1-3H3. The van der Waals surface area contributed by atoms with Crippen LogP contribution in [0.5, 0.6) is 11.5 Å². The highest BCUT2D eigenvalue weighted by molar-refractivity contribution is 7.90. The van der Waals surface area contributed by atoms with Crippen LogP contribution in [0.2, 0.25) is 0 Å². The van der Waals surface area contributed by atoms with Gasteiger partial charge in [-0.15, -0.1) is 0 Å². The smallest absolute Gasteiger partial charge is 0.306 e. The van der Waals surface area contributed by atoms with E-state index in [-0.39, 0.29) is 25.0 Å². The van der Waals surface area contributed by atoms with E-state index < -0.39 is 11.2 Å². The lowest BCUT2D eigenvalue weighted by molar-refractivity contribution is -0.144. The van der Waals surface area contributed by atoms with Crippen molar-refractivity contribution in [3.05, 3.63) is 77.4 Å². The SMILES string of the molecule is CCOC(=O)CCCOc1cccc(CCCCCCOc2cc(CO)cc(-c3ccc([S+](C)[O-])cc3)c2)c1CCC(=O)OCC. The van der Waals surface area contributed by atoms with Crippen molar-refractivity contribution in [3.63, 3.8) is 0 Å². The first-order chi connectivity index (χ1) is 22.3. The lowest BCUT2D eigenvalue weighted by Crippen LogP contribution is -2.10. The van der Waals surface area contributed by atoms with Gasteiger partial charge in [-0.3, -0.25) is 9.59 Å². The van der Waals surface area contributed by atoms with Crippen molar-refractivity contribution in [3.8, 4) is 22.6 Å². The van der Waals surface area contributed by atoms with Crippen LogP contribution in [0.15, 0.2) is 65.6 Å². The number of aryl methyl sites for hydroxylation is 1. The number of rotatable bonds is 21. The summed E-state index contributed by atoms with van der Waals surface area (Å²) in [6.45, 7) is 5.20. The highest BCUT2D eigenvalue weighted by Gasteiger charge is 2.14. The molecular weight excluding hydrogens is 604 g/mol. The van der Waals surface area contributed by atoms with Crippen LogP contribution in [0, 0.1) is 0 Å². The zero-order valence-electron chi connectivity index (χ0n) is 27.4. The lowest BCUT2D eigenvalue weighted by Gasteiger charge is -2.16. The van der Waals surface area contributed by atoms with Crippen molar-refractivity contribution < 1.29 is 38.2 Å². The highest BCUT2D eigenvalue weighted by atomic mass is 32.2. The molecule has 0 aliphatic carbocycles. The maximum absolute atomic E-state index is 12.1. The van der Waals surface area contributed by atoms with Crippen LogP contribution >= 0.6 is 0 Å². The third kappa shape index (κ3) is 12.7. The zero-order chi connectivity index (χ0) is 33.1. The molecule has 1 atom stereocenters. The van der Waals surface area contributed by atoms with Gasteiger partial charge in [0, 0.05) is 12.8 Å². The van der Waals surface area contributed by atoms with Gasteiger partial charge in [-0.1, -0.05) is 25.0 Å². The van der Waals surface area contributed by atoms with Crippen LogP contribution in [0.4, 0.5) is 0 Å². The van der Waals surface area contributed by atoms with E-state index in [9.17, 15) is 19.2 Å². The number of ether oxygens (including phenoxy) is 4. The molecule has 3 rings (SSSR count). The first-order valence-electron chi connectivity index (χ1n) is 16.2. The number of hydrogen-bond acceptors (Lipinski definition) is 8. The predicted octanol–water partition coefficient (Wildman–Crippen LogP) is 6.98. The molecule has 1 unspecified atom stereocenters. The summed E-state index contributed by atoms with van der Waals surface area (Å²) >= 11 is -1.03. The lowest BCUT2D eigenvalue weighted by atomic mass is 9.96. The Hall–Kier alpha value is -3.53. The highest BCUT2D eigenvalue weighted by Crippen LogP contribution is 2.29. The fraction of sp³-hybridized carbons (Fsp3) is 0.459. The summed E-state index contributed by atoms with van der Waals surface area (Å²) in [6, 6.07) is 19.4. The fourth-order valence-corrected chi connectivity index (χ4v) is 5.68. The molecule has 0 spiro atoms. The summed E-state index contributed by atoms with van der Waals surface area (Å²) < 4.78 is 34.0. The Bertz CT molecular complexity index is 1360. The molecule has 0 heterocycles. The van der Waals surface area contributed by atoms with Crippen molar-refractivity contribution in [1.82, 2.24) is 0 Å². The van der Waals surface area contributed by atoms with Crippen LogP contribution in [0.3, 0.4) is 0 Å². The third-order valence-electron chi connectivity index (χ3n) is 7.48. The molecule has 0 bridgehead atoms. The van der Waals surface area contributed by atoms with Crippen LogP contribution in [-0.2, 0) is 49.7 Å². The number of carbonyl (C=O) groups excluding carboxylic acids is 2. The molecule has 0 aliphatic rings. The van der Waals surface area contributed by atoms with Crippen LogP contribution in [0.1, 0.15) is 75.5 Å². The molecule has 0 saturated carbocycles. The minimum Gasteiger partial charge on any atom is -0.612 e. The van der Waals surface area contributed by atoms with E-state index in [2.05, 4.69) is 6.07 Å². The fourth-order valence-electron chi connectivity index (χ4n) is 5.16. The molecule has 9 heteroatoms. The molecule has 8 nitrogen and oxygen atoms in total. The molecule has 0 fully saturated rings. The van der Waals surface area contributed by atoms with Gasteiger partial charge in [0.15, 0.2) is 4.90 Å². The van der Waals surface area contributed by atoms with Gasteiger partial charge >= 0.3 is 11.9 Å². The average Bonchev–Trinajstić information content (AvgIpc) is 3.05. The van der Waals surface area contributed by atoms with Crippen LogP contribution < -0.4 is 9.47 Å². The second kappa shape index (κ2) is 20.6. The second-order valence-electron chi connectivity index (χ2n) is 11.0. The molecule has 1 N–H and O–H groups in total. The van der Waals surface area contributed by atoms with E-state index in [4.69, 9.17) is 18.9 Å². The Kier molecular flexibility index (Phi) is 16.5. The maximum atomic E-state index is 12.1. The second-order valence-corrected chi connectivity index (χ2v) is 12.4. The number of hydrogen-bond donors (Lipinski definition) is 1. The van der Waals surface area contributed by atoms with E-state index in [1.807, 2.05) is 54.6 Å². The minimum atomic E-state index is -1.03. The van der Waals surface area contributed by atoms with Gasteiger partial charge < -0.3 is 28.6 Å². The minimum absolute atomic E-state index is 0.0805. The van der Waals surface area contributed by atoms with Crippen molar-refractivity contribution in [2.75, 3.05) is 32.7 Å². The Morgan fingerprint density at radius 3 is 2.15 bits per heavy atom. The van der Waals surface area contributed by atoms with E-state index in [1.165, 1.54) is 0 Å². The molecule has 0 aromatic heterocycles. The van der Waals surface area contributed by atoms with Gasteiger partial charge in [-0.2, -0.15) is 0 Å². The Labute approximate surface area is 276 Å². The zero-order valence-corrected chi connectivity index (χ0v) is 28.2. The summed E-state index contributed by atoms with van der Waals surface area (Å²) in [7, 11) is 0. The van der Waals surface area contributed by atoms with E-state index in [0.717, 1.165) is 76.3 Å². The van der Waals surface area contributed by atoms with Gasteiger partial charge in [0.25, 0.3) is 0 Å². The first-order valence-corrected chi connectivity index (χ1v) is 17.8. The number of aliphatic hydroxyl groups excluding tert-OH is 1. The van der Waals surface area contributed by atoms with E-state index >= 15 is 0 Å². The molecule has 0 amide bonds. The summed E-state index contributed by atoms with van der Waals surface area (Å²) in [5.41, 5.74) is 4.88. The first kappa shape index (κ1) is 36.9. The third-order valence-corrected chi connectivity index (χ3v) is 8.42. The number of benzene rings is 3. The summed E-state index contributed by atoms with van der Waals surface area (Å²) in [5, 5.41) is 9.78. The van der Waals surface area contributed by atoms with Crippen molar-refractivity contribution in [1.29, 1.82) is 0 Å². The predicted molar refractivity (Wildman–Crippen MR) is 181 cm³/mol. The molecule has 0 saturated heterocycles. The van der Waals surface area contributed by atoms with Crippen LogP contribution in [0.25, 0.3) is 11.1 Å². The van der Waals surface area contributed by atoms with Crippen LogP contribution in [-0.4, -0.2) is 54.3 Å². The number of aliphatic hydroxyl groups is 1. The molecule has 3 aromatic rings. The van der Waals surface area contributed by atoms with E-state index in [0.29, 0.717) is 45.7 Å². The maximum Gasteiger partial charge on any atom is 0.306 e. The molecule has 0 aliphatic heterocycles. The molecule has 46 heavy (non-hydrogen) atoms. The van der Waals surface area contributed by atoms with Gasteiger partial charge in [0.2, 0.25) is 0 Å². The normalized spacial score (nSPS) is 11.6.